The molecule has 0 spiro atoms. The van der Waals surface area contributed by atoms with Crippen molar-refractivity contribution in [3.05, 3.63) is 29.8 Å². The number of piperidine rings is 1. The van der Waals surface area contributed by atoms with Crippen LogP contribution in [0.5, 0.6) is 5.75 Å². The molecular weight excluding hydrogens is 292 g/mol. The fourth-order valence-electron chi connectivity index (χ4n) is 2.87. The Morgan fingerprint density at radius 1 is 1.13 bits per heavy atom. The number of likely N-dealkylation sites (tertiary alicyclic amines) is 1. The molecule has 0 atom stereocenters. The van der Waals surface area contributed by atoms with Crippen molar-refractivity contribution in [3.8, 4) is 5.75 Å². The van der Waals surface area contributed by atoms with Crippen LogP contribution in [0.3, 0.4) is 0 Å². The molecule has 1 fully saturated rings. The van der Waals surface area contributed by atoms with Crippen molar-refractivity contribution in [1.82, 2.24) is 9.80 Å². The van der Waals surface area contributed by atoms with Gasteiger partial charge in [-0.05, 0) is 63.2 Å². The van der Waals surface area contributed by atoms with E-state index in [2.05, 4.69) is 4.90 Å². The van der Waals surface area contributed by atoms with Crippen LogP contribution in [-0.4, -0.2) is 59.8 Å². The number of ketones is 1. The lowest BCUT2D eigenvalue weighted by molar-refractivity contribution is -0.129. The van der Waals surface area contributed by atoms with Crippen molar-refractivity contribution < 1.29 is 14.7 Å². The zero-order chi connectivity index (χ0) is 16.7. The monoisotopic (exact) mass is 318 g/mol. The number of carbonyl (C=O) groups is 2. The minimum atomic E-state index is -0.114. The number of likely N-dealkylation sites (N-methyl/N-ethyl adjacent to an activating group) is 1. The third kappa shape index (κ3) is 5.67. The third-order valence-electron chi connectivity index (χ3n) is 4.31. The molecule has 0 unspecified atom stereocenters. The normalized spacial score (nSPS) is 15.3. The molecule has 0 bridgehead atoms. The van der Waals surface area contributed by atoms with E-state index in [1.165, 1.54) is 36.3 Å². The number of amides is 1. The Bertz CT molecular complexity index is 522. The molecule has 23 heavy (non-hydrogen) atoms. The summed E-state index contributed by atoms with van der Waals surface area (Å²) in [6.07, 6.45) is 5.16. The Morgan fingerprint density at radius 2 is 1.78 bits per heavy atom. The second-order valence-corrected chi connectivity index (χ2v) is 6.23. The summed E-state index contributed by atoms with van der Waals surface area (Å²) in [5.74, 6) is 0.0229. The number of nitrogens with zero attached hydrogens (tertiary/aromatic N) is 2. The van der Waals surface area contributed by atoms with Gasteiger partial charge in [-0.15, -0.1) is 0 Å². The van der Waals surface area contributed by atoms with Gasteiger partial charge in [-0.2, -0.15) is 0 Å². The first kappa shape index (κ1) is 17.5. The molecule has 0 saturated carbocycles. The van der Waals surface area contributed by atoms with Crippen LogP contribution >= 0.6 is 0 Å². The summed E-state index contributed by atoms with van der Waals surface area (Å²) in [5, 5.41) is 9.23. The molecule has 126 valence electrons. The summed E-state index contributed by atoms with van der Waals surface area (Å²) in [5.41, 5.74) is 0.510. The predicted octanol–water partition coefficient (Wildman–Crippen LogP) is 2.30. The molecule has 1 aromatic carbocycles. The Hall–Kier alpha value is -1.88. The number of hydrogen-bond acceptors (Lipinski definition) is 4. The zero-order valence-electron chi connectivity index (χ0n) is 13.8. The average molecular weight is 318 g/mol. The van der Waals surface area contributed by atoms with Crippen molar-refractivity contribution in [1.29, 1.82) is 0 Å². The number of rotatable bonds is 7. The molecule has 2 rings (SSSR count). The van der Waals surface area contributed by atoms with Gasteiger partial charge in [0.15, 0.2) is 5.78 Å². The summed E-state index contributed by atoms with van der Waals surface area (Å²) in [6.45, 7) is 3.32. The van der Waals surface area contributed by atoms with Crippen LogP contribution in [0.2, 0.25) is 0 Å². The molecule has 1 aromatic rings. The molecule has 1 aliphatic heterocycles. The number of benzene rings is 1. The van der Waals surface area contributed by atoms with Gasteiger partial charge >= 0.3 is 0 Å². The third-order valence-corrected chi connectivity index (χ3v) is 4.31. The van der Waals surface area contributed by atoms with Crippen LogP contribution in [0.15, 0.2) is 24.3 Å². The fourth-order valence-corrected chi connectivity index (χ4v) is 2.87. The fraction of sp³-hybridized carbons (Fsp3) is 0.556. The molecule has 5 nitrogen and oxygen atoms in total. The predicted molar refractivity (Wildman–Crippen MR) is 89.6 cm³/mol. The lowest BCUT2D eigenvalue weighted by Gasteiger charge is -2.26. The number of hydrogen-bond donors (Lipinski definition) is 1. The lowest BCUT2D eigenvalue weighted by atomic mass is 10.1. The van der Waals surface area contributed by atoms with Crippen LogP contribution in [0.25, 0.3) is 0 Å². The van der Waals surface area contributed by atoms with E-state index in [4.69, 9.17) is 0 Å². The van der Waals surface area contributed by atoms with Gasteiger partial charge in [0.25, 0.3) is 0 Å². The molecule has 5 heteroatoms. The second-order valence-electron chi connectivity index (χ2n) is 6.23. The summed E-state index contributed by atoms with van der Waals surface area (Å²) in [4.78, 5) is 28.1. The lowest BCUT2D eigenvalue weighted by Crippen LogP contribution is -2.34. The van der Waals surface area contributed by atoms with Crippen LogP contribution in [0.1, 0.15) is 42.5 Å². The van der Waals surface area contributed by atoms with E-state index >= 15 is 0 Å². The van der Waals surface area contributed by atoms with E-state index in [0.29, 0.717) is 12.0 Å². The number of Topliss-reactive ketones (excluding diaryl/α,β-unsaturated/α-hetero) is 1. The van der Waals surface area contributed by atoms with E-state index in [0.717, 1.165) is 26.1 Å². The van der Waals surface area contributed by atoms with Crippen LogP contribution in [0, 0.1) is 0 Å². The second kappa shape index (κ2) is 8.67. The first-order chi connectivity index (χ1) is 11.1. The van der Waals surface area contributed by atoms with E-state index in [9.17, 15) is 14.7 Å². The minimum Gasteiger partial charge on any atom is -0.508 e. The quantitative estimate of drug-likeness (QED) is 0.784. The highest BCUT2D eigenvalue weighted by Crippen LogP contribution is 2.12. The first-order valence-corrected chi connectivity index (χ1v) is 8.35. The van der Waals surface area contributed by atoms with Gasteiger partial charge in [-0.25, -0.2) is 0 Å². The number of phenols is 1. The molecule has 0 aromatic heterocycles. The highest BCUT2D eigenvalue weighted by molar-refractivity contribution is 5.99. The van der Waals surface area contributed by atoms with Crippen molar-refractivity contribution in [2.24, 2.45) is 0 Å². The Labute approximate surface area is 137 Å². The molecule has 1 aliphatic rings. The van der Waals surface area contributed by atoms with Gasteiger partial charge in [0.1, 0.15) is 5.75 Å². The summed E-state index contributed by atoms with van der Waals surface area (Å²) in [6, 6.07) is 6.11. The topological polar surface area (TPSA) is 60.9 Å². The molecule has 1 heterocycles. The van der Waals surface area contributed by atoms with E-state index in [1.807, 2.05) is 0 Å². The Morgan fingerprint density at radius 3 is 2.43 bits per heavy atom. The van der Waals surface area contributed by atoms with Gasteiger partial charge in [-0.3, -0.25) is 9.59 Å². The van der Waals surface area contributed by atoms with E-state index in [1.54, 1.807) is 19.2 Å². The zero-order valence-corrected chi connectivity index (χ0v) is 13.8. The SMILES string of the molecule is CN(CC(=O)c1ccc(O)cc1)C(=O)CCCN1CCCCC1. The van der Waals surface area contributed by atoms with Crippen molar-refractivity contribution in [2.45, 2.75) is 32.1 Å². The molecule has 0 radical (unpaired) electrons. The van der Waals surface area contributed by atoms with Gasteiger partial charge in [0, 0.05) is 19.0 Å². The molecular formula is C18H26N2O3. The molecule has 1 saturated heterocycles. The molecule has 1 amide bonds. The Kier molecular flexibility index (Phi) is 6.59. The van der Waals surface area contributed by atoms with Crippen molar-refractivity contribution in [3.63, 3.8) is 0 Å². The van der Waals surface area contributed by atoms with Gasteiger partial charge in [0.2, 0.25) is 5.91 Å². The van der Waals surface area contributed by atoms with Gasteiger partial charge < -0.3 is 14.9 Å². The maximum absolute atomic E-state index is 12.1. The van der Waals surface area contributed by atoms with Gasteiger partial charge in [-0.1, -0.05) is 6.42 Å². The van der Waals surface area contributed by atoms with Crippen molar-refractivity contribution in [2.75, 3.05) is 33.2 Å². The van der Waals surface area contributed by atoms with Crippen LogP contribution in [0.4, 0.5) is 0 Å². The average Bonchev–Trinajstić information content (AvgIpc) is 2.56. The maximum Gasteiger partial charge on any atom is 0.222 e. The smallest absolute Gasteiger partial charge is 0.222 e. The highest BCUT2D eigenvalue weighted by Gasteiger charge is 2.15. The molecule has 1 N–H and O–H groups in total. The Balaban J connectivity index is 1.71. The molecule has 0 aliphatic carbocycles. The number of aromatic hydroxyl groups is 1. The standard InChI is InChI=1S/C18H26N2O3/c1-19(14-17(22)15-7-9-16(21)10-8-15)18(23)6-5-13-20-11-3-2-4-12-20/h7-10,21H,2-6,11-14H2,1H3. The minimum absolute atomic E-state index is 0.00846. The summed E-state index contributed by atoms with van der Waals surface area (Å²) >= 11 is 0. The van der Waals surface area contributed by atoms with Crippen molar-refractivity contribution >= 4 is 11.7 Å². The highest BCUT2D eigenvalue weighted by atomic mass is 16.3. The summed E-state index contributed by atoms with van der Waals surface area (Å²) in [7, 11) is 1.67. The maximum atomic E-state index is 12.1. The largest absolute Gasteiger partial charge is 0.508 e. The number of phenolic OH excluding ortho intramolecular Hbond substituents is 1. The van der Waals surface area contributed by atoms with Crippen LogP contribution in [-0.2, 0) is 4.79 Å². The van der Waals surface area contributed by atoms with E-state index < -0.39 is 0 Å². The number of carbonyl (C=O) groups excluding carboxylic acids is 2. The van der Waals surface area contributed by atoms with E-state index in [-0.39, 0.29) is 24.0 Å². The first-order valence-electron chi connectivity index (χ1n) is 8.35. The van der Waals surface area contributed by atoms with Crippen LogP contribution < -0.4 is 0 Å². The van der Waals surface area contributed by atoms with Gasteiger partial charge in [0.05, 0.1) is 6.54 Å². The summed E-state index contributed by atoms with van der Waals surface area (Å²) < 4.78 is 0.